The Kier molecular flexibility index (Phi) is 5.84. The number of ether oxygens (including phenoxy) is 2. The van der Waals surface area contributed by atoms with E-state index in [1.807, 2.05) is 55.5 Å². The Morgan fingerprint density at radius 1 is 1.22 bits per heavy atom. The third-order valence-electron chi connectivity index (χ3n) is 3.79. The summed E-state index contributed by atoms with van der Waals surface area (Å²) in [7, 11) is 1.58. The molecule has 7 heteroatoms. The fourth-order valence-corrected chi connectivity index (χ4v) is 2.47. The molecule has 138 valence electrons. The van der Waals surface area contributed by atoms with Crippen molar-refractivity contribution in [3.63, 3.8) is 0 Å². The molecule has 1 amide bonds. The number of aromatic nitrogens is 2. The lowest BCUT2D eigenvalue weighted by atomic mass is 10.1. The molecule has 1 heterocycles. The van der Waals surface area contributed by atoms with Crippen LogP contribution in [0.5, 0.6) is 11.5 Å². The zero-order chi connectivity index (χ0) is 19.1. The fraction of sp³-hybridized carbons (Fsp3) is 0.150. The first-order chi connectivity index (χ1) is 13.2. The van der Waals surface area contributed by atoms with E-state index in [2.05, 4.69) is 20.7 Å². The average molecular weight is 364 g/mol. The first kappa shape index (κ1) is 18.2. The Morgan fingerprint density at radius 2 is 2.00 bits per heavy atom. The monoisotopic (exact) mass is 364 g/mol. The number of para-hydroxylation sites is 1. The Bertz CT molecular complexity index is 932. The minimum Gasteiger partial charge on any atom is -0.496 e. The number of rotatable bonds is 7. The fourth-order valence-electron chi connectivity index (χ4n) is 2.47. The van der Waals surface area contributed by atoms with Gasteiger partial charge in [0.2, 0.25) is 0 Å². The topological polar surface area (TPSA) is 88.6 Å². The van der Waals surface area contributed by atoms with Gasteiger partial charge >= 0.3 is 0 Å². The highest BCUT2D eigenvalue weighted by molar-refractivity contribution is 5.94. The van der Waals surface area contributed by atoms with E-state index >= 15 is 0 Å². The highest BCUT2D eigenvalue weighted by Crippen LogP contribution is 2.21. The summed E-state index contributed by atoms with van der Waals surface area (Å²) in [6, 6.07) is 16.6. The van der Waals surface area contributed by atoms with Gasteiger partial charge in [-0.15, -0.1) is 0 Å². The molecule has 0 aliphatic rings. The Hall–Kier alpha value is -3.61. The molecular weight excluding hydrogens is 344 g/mol. The van der Waals surface area contributed by atoms with Crippen molar-refractivity contribution in [1.82, 2.24) is 15.6 Å². The Labute approximate surface area is 157 Å². The van der Waals surface area contributed by atoms with Gasteiger partial charge in [-0.2, -0.15) is 10.2 Å². The van der Waals surface area contributed by atoms with Crippen LogP contribution >= 0.6 is 0 Å². The molecule has 0 aliphatic heterocycles. The number of nitrogens with zero attached hydrogens (tertiary/aromatic N) is 2. The lowest BCUT2D eigenvalue weighted by Crippen LogP contribution is -2.18. The molecule has 0 fully saturated rings. The van der Waals surface area contributed by atoms with Crippen LogP contribution in [0.4, 0.5) is 0 Å². The average Bonchev–Trinajstić information content (AvgIpc) is 3.19. The number of hydrogen-bond acceptors (Lipinski definition) is 5. The second kappa shape index (κ2) is 8.66. The molecule has 3 aromatic rings. The second-order valence-corrected chi connectivity index (χ2v) is 5.57. The molecule has 2 N–H and O–H groups in total. The van der Waals surface area contributed by atoms with Gasteiger partial charge < -0.3 is 9.47 Å². The van der Waals surface area contributed by atoms with Crippen molar-refractivity contribution < 1.29 is 14.3 Å². The van der Waals surface area contributed by atoms with E-state index in [0.29, 0.717) is 23.7 Å². The first-order valence-electron chi connectivity index (χ1n) is 8.46. The van der Waals surface area contributed by atoms with Gasteiger partial charge in [0.1, 0.15) is 17.2 Å². The Balaban J connectivity index is 1.65. The van der Waals surface area contributed by atoms with E-state index in [0.717, 1.165) is 16.9 Å². The lowest BCUT2D eigenvalue weighted by molar-refractivity contribution is 0.0950. The van der Waals surface area contributed by atoms with Crippen molar-refractivity contribution in [2.24, 2.45) is 5.10 Å². The SMILES string of the molecule is CCOc1ccc(-c2cc(C(=O)N/N=C\c3ccccc3OC)[nH]n2)cc1. The Morgan fingerprint density at radius 3 is 2.74 bits per heavy atom. The molecule has 3 rings (SSSR count). The van der Waals surface area contributed by atoms with Crippen molar-refractivity contribution in [1.29, 1.82) is 0 Å². The van der Waals surface area contributed by atoms with Crippen molar-refractivity contribution in [2.75, 3.05) is 13.7 Å². The molecular formula is C20H20N4O3. The van der Waals surface area contributed by atoms with Crippen LogP contribution in [0.2, 0.25) is 0 Å². The van der Waals surface area contributed by atoms with Gasteiger partial charge in [0, 0.05) is 11.1 Å². The van der Waals surface area contributed by atoms with E-state index in [-0.39, 0.29) is 5.91 Å². The molecule has 27 heavy (non-hydrogen) atoms. The van der Waals surface area contributed by atoms with Gasteiger partial charge in [0.15, 0.2) is 0 Å². The van der Waals surface area contributed by atoms with Gasteiger partial charge in [-0.3, -0.25) is 9.89 Å². The number of H-pyrrole nitrogens is 1. The quantitative estimate of drug-likeness (QED) is 0.497. The molecule has 0 saturated heterocycles. The highest BCUT2D eigenvalue weighted by Gasteiger charge is 2.10. The maximum atomic E-state index is 12.2. The number of carbonyl (C=O) groups is 1. The molecule has 0 radical (unpaired) electrons. The van der Waals surface area contributed by atoms with Crippen LogP contribution in [0.1, 0.15) is 23.0 Å². The molecule has 0 bridgehead atoms. The molecule has 7 nitrogen and oxygen atoms in total. The number of carbonyl (C=O) groups excluding carboxylic acids is 1. The van der Waals surface area contributed by atoms with Crippen LogP contribution in [-0.4, -0.2) is 36.0 Å². The molecule has 0 aliphatic carbocycles. The van der Waals surface area contributed by atoms with E-state index in [9.17, 15) is 4.79 Å². The maximum absolute atomic E-state index is 12.2. The van der Waals surface area contributed by atoms with Crippen LogP contribution in [-0.2, 0) is 0 Å². The summed E-state index contributed by atoms with van der Waals surface area (Å²) in [6.07, 6.45) is 1.53. The molecule has 0 atom stereocenters. The summed E-state index contributed by atoms with van der Waals surface area (Å²) in [5, 5.41) is 10.9. The van der Waals surface area contributed by atoms with E-state index in [1.165, 1.54) is 6.21 Å². The van der Waals surface area contributed by atoms with Crippen LogP contribution in [0, 0.1) is 0 Å². The normalized spacial score (nSPS) is 10.7. The van der Waals surface area contributed by atoms with Crippen LogP contribution in [0.15, 0.2) is 59.7 Å². The molecule has 0 saturated carbocycles. The number of nitrogens with one attached hydrogen (secondary N) is 2. The van der Waals surface area contributed by atoms with Gasteiger partial charge in [0.05, 0.1) is 25.6 Å². The number of hydrogen-bond donors (Lipinski definition) is 2. The number of hydrazone groups is 1. The minimum absolute atomic E-state index is 0.316. The van der Waals surface area contributed by atoms with Crippen molar-refractivity contribution >= 4 is 12.1 Å². The second-order valence-electron chi connectivity index (χ2n) is 5.57. The zero-order valence-corrected chi connectivity index (χ0v) is 15.1. The molecule has 0 unspecified atom stereocenters. The summed E-state index contributed by atoms with van der Waals surface area (Å²) in [5.41, 5.74) is 5.10. The van der Waals surface area contributed by atoms with Crippen LogP contribution in [0.3, 0.4) is 0 Å². The summed E-state index contributed by atoms with van der Waals surface area (Å²) in [6.45, 7) is 2.55. The summed E-state index contributed by atoms with van der Waals surface area (Å²) in [5.74, 6) is 1.08. The standard InChI is InChI=1S/C20H20N4O3/c1-3-27-16-10-8-14(9-11-16)17-12-18(23-22-17)20(25)24-21-13-15-6-4-5-7-19(15)26-2/h4-13H,3H2,1-2H3,(H,22,23)(H,24,25)/b21-13-. The van der Waals surface area contributed by atoms with Gasteiger partial charge in [0.25, 0.3) is 5.91 Å². The lowest BCUT2D eigenvalue weighted by Gasteiger charge is -2.03. The number of amides is 1. The molecule has 2 aromatic carbocycles. The smallest absolute Gasteiger partial charge is 0.289 e. The highest BCUT2D eigenvalue weighted by atomic mass is 16.5. The minimum atomic E-state index is -0.383. The van der Waals surface area contributed by atoms with Gasteiger partial charge in [-0.05, 0) is 49.4 Å². The van der Waals surface area contributed by atoms with Crippen LogP contribution < -0.4 is 14.9 Å². The van der Waals surface area contributed by atoms with Crippen LogP contribution in [0.25, 0.3) is 11.3 Å². The predicted molar refractivity (Wildman–Crippen MR) is 103 cm³/mol. The third kappa shape index (κ3) is 4.52. The van der Waals surface area contributed by atoms with Gasteiger partial charge in [-0.25, -0.2) is 5.43 Å². The van der Waals surface area contributed by atoms with Crippen molar-refractivity contribution in [3.8, 4) is 22.8 Å². The van der Waals surface area contributed by atoms with Crippen molar-refractivity contribution in [3.05, 3.63) is 65.9 Å². The number of benzene rings is 2. The number of methoxy groups -OCH3 is 1. The summed E-state index contributed by atoms with van der Waals surface area (Å²) < 4.78 is 10.7. The summed E-state index contributed by atoms with van der Waals surface area (Å²) >= 11 is 0. The first-order valence-corrected chi connectivity index (χ1v) is 8.46. The third-order valence-corrected chi connectivity index (χ3v) is 3.79. The zero-order valence-electron chi connectivity index (χ0n) is 15.1. The van der Waals surface area contributed by atoms with E-state index in [4.69, 9.17) is 9.47 Å². The predicted octanol–water partition coefficient (Wildman–Crippen LogP) is 3.25. The molecule has 1 aromatic heterocycles. The maximum Gasteiger partial charge on any atom is 0.289 e. The van der Waals surface area contributed by atoms with E-state index in [1.54, 1.807) is 13.2 Å². The molecule has 0 spiro atoms. The summed E-state index contributed by atoms with van der Waals surface area (Å²) in [4.78, 5) is 12.2. The number of aromatic amines is 1. The van der Waals surface area contributed by atoms with Crippen molar-refractivity contribution in [2.45, 2.75) is 6.92 Å². The van der Waals surface area contributed by atoms with Gasteiger partial charge in [-0.1, -0.05) is 12.1 Å². The largest absolute Gasteiger partial charge is 0.496 e. The van der Waals surface area contributed by atoms with E-state index < -0.39 is 0 Å².